The molecule has 1 atom stereocenters. The molecule has 2 heteroatoms. The molecule has 0 amide bonds. The molecule has 0 spiro atoms. The van der Waals surface area contributed by atoms with Crippen LogP contribution in [0.1, 0.15) is 30.9 Å². The van der Waals surface area contributed by atoms with E-state index in [1.54, 1.807) is 7.11 Å². The van der Waals surface area contributed by atoms with Crippen LogP contribution in [0, 0.1) is 5.92 Å². The lowest BCUT2D eigenvalue weighted by Crippen LogP contribution is -1.98. The van der Waals surface area contributed by atoms with Gasteiger partial charge in [0, 0.05) is 0 Å². The number of methoxy groups -OCH3 is 1. The van der Waals surface area contributed by atoms with E-state index in [0.29, 0.717) is 0 Å². The Morgan fingerprint density at radius 3 is 2.50 bits per heavy atom. The van der Waals surface area contributed by atoms with Crippen LogP contribution in [-0.4, -0.2) is 12.2 Å². The van der Waals surface area contributed by atoms with Gasteiger partial charge < -0.3 is 9.84 Å². The van der Waals surface area contributed by atoms with E-state index in [9.17, 15) is 5.11 Å². The first-order valence-corrected chi connectivity index (χ1v) is 5.11. The van der Waals surface area contributed by atoms with Crippen LogP contribution >= 0.6 is 0 Å². The fourth-order valence-corrected chi connectivity index (χ4v) is 1.63. The van der Waals surface area contributed by atoms with E-state index in [2.05, 4.69) is 0 Å². The summed E-state index contributed by atoms with van der Waals surface area (Å²) in [6.07, 6.45) is 3.18. The van der Waals surface area contributed by atoms with E-state index in [4.69, 9.17) is 4.74 Å². The maximum absolute atomic E-state index is 9.85. The van der Waals surface area contributed by atoms with Crippen molar-refractivity contribution in [1.82, 2.24) is 0 Å². The Morgan fingerprint density at radius 2 is 2.00 bits per heavy atom. The molecule has 0 aromatic heterocycles. The SMILES string of the molecule is COc1ccc(C(O)CC2CC2)cc1. The predicted octanol–water partition coefficient (Wildman–Crippen LogP) is 2.53. The second-order valence-corrected chi connectivity index (χ2v) is 3.97. The molecular weight excluding hydrogens is 176 g/mol. The fourth-order valence-electron chi connectivity index (χ4n) is 1.63. The molecule has 1 saturated carbocycles. The van der Waals surface area contributed by atoms with Gasteiger partial charge in [-0.2, -0.15) is 0 Å². The lowest BCUT2D eigenvalue weighted by atomic mass is 10.0. The van der Waals surface area contributed by atoms with Gasteiger partial charge in [0.25, 0.3) is 0 Å². The largest absolute Gasteiger partial charge is 0.497 e. The van der Waals surface area contributed by atoms with Crippen molar-refractivity contribution >= 4 is 0 Å². The summed E-state index contributed by atoms with van der Waals surface area (Å²) in [6, 6.07) is 7.66. The standard InChI is InChI=1S/C12H16O2/c1-14-11-6-4-10(5-7-11)12(13)8-9-2-3-9/h4-7,9,12-13H,2-3,8H2,1H3. The van der Waals surface area contributed by atoms with Gasteiger partial charge in [0.15, 0.2) is 0 Å². The smallest absolute Gasteiger partial charge is 0.118 e. The molecule has 0 heterocycles. The van der Waals surface area contributed by atoms with E-state index < -0.39 is 0 Å². The summed E-state index contributed by atoms with van der Waals surface area (Å²) in [7, 11) is 1.65. The monoisotopic (exact) mass is 192 g/mol. The molecule has 1 N–H and O–H groups in total. The number of benzene rings is 1. The van der Waals surface area contributed by atoms with Gasteiger partial charge in [0.1, 0.15) is 5.75 Å². The number of ether oxygens (including phenoxy) is 1. The highest BCUT2D eigenvalue weighted by Gasteiger charge is 2.24. The topological polar surface area (TPSA) is 29.5 Å². The first-order valence-electron chi connectivity index (χ1n) is 5.11. The molecule has 0 radical (unpaired) electrons. The molecule has 14 heavy (non-hydrogen) atoms. The van der Waals surface area contributed by atoms with Crippen LogP contribution in [0.3, 0.4) is 0 Å². The van der Waals surface area contributed by atoms with Gasteiger partial charge in [-0.1, -0.05) is 25.0 Å². The van der Waals surface area contributed by atoms with Gasteiger partial charge in [-0.3, -0.25) is 0 Å². The van der Waals surface area contributed by atoms with Gasteiger partial charge in [-0.25, -0.2) is 0 Å². The van der Waals surface area contributed by atoms with Crippen LogP contribution in [-0.2, 0) is 0 Å². The molecule has 76 valence electrons. The van der Waals surface area contributed by atoms with E-state index in [1.807, 2.05) is 24.3 Å². The van der Waals surface area contributed by atoms with Gasteiger partial charge in [-0.05, 0) is 30.0 Å². The maximum Gasteiger partial charge on any atom is 0.118 e. The van der Waals surface area contributed by atoms with Crippen molar-refractivity contribution in [3.8, 4) is 5.75 Å². The van der Waals surface area contributed by atoms with Crippen molar-refractivity contribution in [2.75, 3.05) is 7.11 Å². The van der Waals surface area contributed by atoms with Gasteiger partial charge in [0.2, 0.25) is 0 Å². The summed E-state index contributed by atoms with van der Waals surface area (Å²) in [5.74, 6) is 1.60. The number of aliphatic hydroxyl groups excluding tert-OH is 1. The van der Waals surface area contributed by atoms with Gasteiger partial charge in [-0.15, -0.1) is 0 Å². The van der Waals surface area contributed by atoms with E-state index in [1.165, 1.54) is 12.8 Å². The molecule has 1 aromatic rings. The van der Waals surface area contributed by atoms with Crippen molar-refractivity contribution in [1.29, 1.82) is 0 Å². The second kappa shape index (κ2) is 4.01. The van der Waals surface area contributed by atoms with Gasteiger partial charge in [0.05, 0.1) is 13.2 Å². The third-order valence-corrected chi connectivity index (χ3v) is 2.75. The Morgan fingerprint density at radius 1 is 1.36 bits per heavy atom. The Labute approximate surface area is 84.5 Å². The third-order valence-electron chi connectivity index (χ3n) is 2.75. The Hall–Kier alpha value is -1.02. The minimum absolute atomic E-state index is 0.298. The van der Waals surface area contributed by atoms with Crippen LogP contribution in [0.4, 0.5) is 0 Å². The molecule has 1 aromatic carbocycles. The summed E-state index contributed by atoms with van der Waals surface area (Å²) >= 11 is 0. The molecule has 2 nitrogen and oxygen atoms in total. The van der Waals surface area contributed by atoms with Gasteiger partial charge >= 0.3 is 0 Å². The summed E-state index contributed by atoms with van der Waals surface area (Å²) in [6.45, 7) is 0. The minimum Gasteiger partial charge on any atom is -0.497 e. The molecular formula is C12H16O2. The molecule has 1 aliphatic carbocycles. The van der Waals surface area contributed by atoms with Crippen molar-refractivity contribution < 1.29 is 9.84 Å². The zero-order chi connectivity index (χ0) is 9.97. The number of hydrogen-bond acceptors (Lipinski definition) is 2. The quantitative estimate of drug-likeness (QED) is 0.794. The first-order chi connectivity index (χ1) is 6.79. The Bertz CT molecular complexity index is 288. The van der Waals surface area contributed by atoms with Crippen LogP contribution in [0.25, 0.3) is 0 Å². The second-order valence-electron chi connectivity index (χ2n) is 3.97. The van der Waals surface area contributed by atoms with Crippen molar-refractivity contribution in [2.24, 2.45) is 5.92 Å². The highest BCUT2D eigenvalue weighted by Crippen LogP contribution is 2.37. The van der Waals surface area contributed by atoms with Crippen molar-refractivity contribution in [2.45, 2.75) is 25.4 Å². The molecule has 1 aliphatic rings. The van der Waals surface area contributed by atoms with E-state index >= 15 is 0 Å². The average molecular weight is 192 g/mol. The molecule has 2 rings (SSSR count). The van der Waals surface area contributed by atoms with Crippen LogP contribution in [0.5, 0.6) is 5.75 Å². The lowest BCUT2D eigenvalue weighted by molar-refractivity contribution is 0.160. The number of hydrogen-bond donors (Lipinski definition) is 1. The minimum atomic E-state index is -0.298. The van der Waals surface area contributed by atoms with Crippen molar-refractivity contribution in [3.05, 3.63) is 29.8 Å². The molecule has 0 bridgehead atoms. The average Bonchev–Trinajstić information content (AvgIpc) is 3.02. The lowest BCUT2D eigenvalue weighted by Gasteiger charge is -2.10. The molecule has 1 unspecified atom stereocenters. The Kier molecular flexibility index (Phi) is 2.73. The van der Waals surface area contributed by atoms with Crippen LogP contribution in [0.2, 0.25) is 0 Å². The zero-order valence-corrected chi connectivity index (χ0v) is 8.44. The van der Waals surface area contributed by atoms with Crippen molar-refractivity contribution in [3.63, 3.8) is 0 Å². The summed E-state index contributed by atoms with van der Waals surface area (Å²) in [5, 5.41) is 9.85. The molecule has 1 fully saturated rings. The summed E-state index contributed by atoms with van der Waals surface area (Å²) in [5.41, 5.74) is 0.998. The Balaban J connectivity index is 1.99. The van der Waals surface area contributed by atoms with E-state index in [0.717, 1.165) is 23.7 Å². The van der Waals surface area contributed by atoms with E-state index in [-0.39, 0.29) is 6.10 Å². The molecule has 0 saturated heterocycles. The number of rotatable bonds is 4. The predicted molar refractivity (Wildman–Crippen MR) is 55.3 cm³/mol. The number of aliphatic hydroxyl groups is 1. The highest BCUT2D eigenvalue weighted by atomic mass is 16.5. The van der Waals surface area contributed by atoms with Crippen LogP contribution in [0.15, 0.2) is 24.3 Å². The normalized spacial score (nSPS) is 17.9. The highest BCUT2D eigenvalue weighted by molar-refractivity contribution is 5.28. The molecule has 0 aliphatic heterocycles. The summed E-state index contributed by atoms with van der Waals surface area (Å²) in [4.78, 5) is 0. The zero-order valence-electron chi connectivity index (χ0n) is 8.44. The fraction of sp³-hybridized carbons (Fsp3) is 0.500. The van der Waals surface area contributed by atoms with Crippen LogP contribution < -0.4 is 4.74 Å². The first kappa shape index (κ1) is 9.53. The maximum atomic E-state index is 9.85. The third kappa shape index (κ3) is 2.26. The summed E-state index contributed by atoms with van der Waals surface area (Å²) < 4.78 is 5.06.